The van der Waals surface area contributed by atoms with Crippen molar-refractivity contribution in [2.45, 2.75) is 36.4 Å². The number of nitrogens with one attached hydrogen (secondary N) is 1. The summed E-state index contributed by atoms with van der Waals surface area (Å²) in [5, 5.41) is 2.73. The highest BCUT2D eigenvalue weighted by molar-refractivity contribution is 7.91. The minimum Gasteiger partial charge on any atom is -0.309 e. The van der Waals surface area contributed by atoms with E-state index in [-0.39, 0.29) is 10.1 Å². The maximum absolute atomic E-state index is 12.9. The Labute approximate surface area is 155 Å². The van der Waals surface area contributed by atoms with Crippen LogP contribution in [0.25, 0.3) is 0 Å². The van der Waals surface area contributed by atoms with Crippen LogP contribution in [0.5, 0.6) is 0 Å². The molecule has 0 bridgehead atoms. The number of carbonyl (C=O) groups excluding carboxylic acids is 1. The first-order chi connectivity index (χ1) is 11.9. The Morgan fingerprint density at radius 3 is 2.80 bits per heavy atom. The Kier molecular flexibility index (Phi) is 5.43. The van der Waals surface area contributed by atoms with Crippen molar-refractivity contribution >= 4 is 44.7 Å². The van der Waals surface area contributed by atoms with Gasteiger partial charge >= 0.3 is 0 Å². The monoisotopic (exact) mass is 399 g/mol. The summed E-state index contributed by atoms with van der Waals surface area (Å²) in [5.41, 5.74) is 0.777. The first-order valence-electron chi connectivity index (χ1n) is 7.89. The third-order valence-corrected chi connectivity index (χ3v) is 7.61. The Bertz CT molecular complexity index is 882. The molecule has 2 aromatic rings. The summed E-state index contributed by atoms with van der Waals surface area (Å²) < 4.78 is 27.7. The van der Waals surface area contributed by atoms with Gasteiger partial charge in [-0.05, 0) is 44.0 Å². The standard InChI is InChI=1S/C16H18ClN3O3S2/c1-11-5-4-7-14(18-11)19-16(21)12-6-2-3-10-20(12)25(22,23)15-9-8-13(17)24-15/h4-5,7-9,12H,2-3,6,10H2,1H3,(H,18,19,21)/t12-/m0/s1. The van der Waals surface area contributed by atoms with Crippen LogP contribution in [0.4, 0.5) is 5.82 Å². The molecular formula is C16H18ClN3O3S2. The van der Waals surface area contributed by atoms with Gasteiger partial charge in [0.2, 0.25) is 5.91 Å². The summed E-state index contributed by atoms with van der Waals surface area (Å²) in [6, 6.07) is 7.59. The fraction of sp³-hybridized carbons (Fsp3) is 0.375. The molecule has 9 heteroatoms. The number of pyridine rings is 1. The van der Waals surface area contributed by atoms with E-state index in [1.54, 1.807) is 18.2 Å². The van der Waals surface area contributed by atoms with Crippen LogP contribution in [0, 0.1) is 6.92 Å². The molecule has 134 valence electrons. The van der Waals surface area contributed by atoms with E-state index >= 15 is 0 Å². The summed E-state index contributed by atoms with van der Waals surface area (Å²) >= 11 is 6.87. The van der Waals surface area contributed by atoms with Gasteiger partial charge in [-0.1, -0.05) is 24.1 Å². The van der Waals surface area contributed by atoms with Crippen LogP contribution < -0.4 is 5.32 Å². The molecule has 1 amide bonds. The number of hydrogen-bond acceptors (Lipinski definition) is 5. The SMILES string of the molecule is Cc1cccc(NC(=O)[C@@H]2CCCCN2S(=O)(=O)c2ccc(Cl)s2)n1. The second kappa shape index (κ2) is 7.41. The van der Waals surface area contributed by atoms with Crippen molar-refractivity contribution in [2.75, 3.05) is 11.9 Å². The molecule has 6 nitrogen and oxygen atoms in total. The molecule has 1 N–H and O–H groups in total. The van der Waals surface area contributed by atoms with Crippen molar-refractivity contribution in [3.8, 4) is 0 Å². The number of thiophene rings is 1. The number of hydrogen-bond donors (Lipinski definition) is 1. The molecule has 25 heavy (non-hydrogen) atoms. The van der Waals surface area contributed by atoms with Gasteiger partial charge in [0.25, 0.3) is 10.0 Å². The lowest BCUT2D eigenvalue weighted by atomic mass is 10.0. The van der Waals surface area contributed by atoms with Crippen molar-refractivity contribution in [3.05, 3.63) is 40.4 Å². The Morgan fingerprint density at radius 2 is 2.12 bits per heavy atom. The third kappa shape index (κ3) is 4.03. The fourth-order valence-corrected chi connectivity index (χ4v) is 6.10. The van der Waals surface area contributed by atoms with Crippen molar-refractivity contribution < 1.29 is 13.2 Å². The lowest BCUT2D eigenvalue weighted by Gasteiger charge is -2.33. The van der Waals surface area contributed by atoms with E-state index in [1.165, 1.54) is 10.4 Å². The number of carbonyl (C=O) groups is 1. The van der Waals surface area contributed by atoms with Gasteiger partial charge in [0.15, 0.2) is 0 Å². The van der Waals surface area contributed by atoms with Crippen LogP contribution in [0.15, 0.2) is 34.5 Å². The Hall–Kier alpha value is -1.48. The molecule has 0 spiro atoms. The molecule has 0 radical (unpaired) electrons. The molecule has 2 aromatic heterocycles. The molecule has 1 fully saturated rings. The molecule has 1 aliphatic rings. The topological polar surface area (TPSA) is 79.4 Å². The minimum absolute atomic E-state index is 0.158. The largest absolute Gasteiger partial charge is 0.309 e. The van der Waals surface area contributed by atoms with E-state index in [2.05, 4.69) is 10.3 Å². The Morgan fingerprint density at radius 1 is 1.32 bits per heavy atom. The second-order valence-corrected chi connectivity index (χ2v) is 9.67. The van der Waals surface area contributed by atoms with Crippen LogP contribution in [-0.2, 0) is 14.8 Å². The van der Waals surface area contributed by atoms with E-state index in [0.717, 1.165) is 29.9 Å². The zero-order chi connectivity index (χ0) is 18.0. The number of aromatic nitrogens is 1. The number of rotatable bonds is 4. The number of aryl methyl sites for hydroxylation is 1. The van der Waals surface area contributed by atoms with Crippen LogP contribution in [-0.4, -0.2) is 36.2 Å². The van der Waals surface area contributed by atoms with E-state index in [4.69, 9.17) is 11.6 Å². The van der Waals surface area contributed by atoms with Gasteiger partial charge < -0.3 is 5.32 Å². The molecule has 3 heterocycles. The third-order valence-electron chi connectivity index (χ3n) is 4.01. The molecule has 0 aromatic carbocycles. The van der Waals surface area contributed by atoms with Crippen molar-refractivity contribution in [2.24, 2.45) is 0 Å². The van der Waals surface area contributed by atoms with E-state index < -0.39 is 16.1 Å². The maximum Gasteiger partial charge on any atom is 0.253 e. The maximum atomic E-state index is 12.9. The molecule has 0 unspecified atom stereocenters. The lowest BCUT2D eigenvalue weighted by molar-refractivity contribution is -0.120. The summed E-state index contributed by atoms with van der Waals surface area (Å²) in [7, 11) is -3.75. The van der Waals surface area contributed by atoms with Crippen LogP contribution in [0.1, 0.15) is 25.0 Å². The summed E-state index contributed by atoms with van der Waals surface area (Å²) in [4.78, 5) is 16.9. The van der Waals surface area contributed by atoms with Crippen LogP contribution in [0.3, 0.4) is 0 Å². The molecule has 3 rings (SSSR count). The van der Waals surface area contributed by atoms with Gasteiger partial charge in [-0.2, -0.15) is 4.31 Å². The van der Waals surface area contributed by atoms with Gasteiger partial charge in [0.05, 0.1) is 4.34 Å². The summed E-state index contributed by atoms with van der Waals surface area (Å²) in [6.45, 7) is 2.14. The second-order valence-electron chi connectivity index (χ2n) is 5.84. The highest BCUT2D eigenvalue weighted by Gasteiger charge is 2.38. The first-order valence-corrected chi connectivity index (χ1v) is 10.5. The first kappa shape index (κ1) is 18.3. The van der Waals surface area contributed by atoms with Gasteiger partial charge in [-0.25, -0.2) is 13.4 Å². The van der Waals surface area contributed by atoms with Crippen LogP contribution in [0.2, 0.25) is 4.34 Å². The quantitative estimate of drug-likeness (QED) is 0.855. The molecule has 0 aliphatic carbocycles. The summed E-state index contributed by atoms with van der Waals surface area (Å²) in [6.07, 6.45) is 2.01. The number of nitrogens with zero attached hydrogens (tertiary/aromatic N) is 2. The highest BCUT2D eigenvalue weighted by Crippen LogP contribution is 2.32. The van der Waals surface area contributed by atoms with E-state index in [9.17, 15) is 13.2 Å². The predicted octanol–water partition coefficient (Wildman–Crippen LogP) is 3.29. The summed E-state index contributed by atoms with van der Waals surface area (Å²) in [5.74, 6) is 0.0658. The smallest absolute Gasteiger partial charge is 0.253 e. The fourth-order valence-electron chi connectivity index (χ4n) is 2.83. The zero-order valence-electron chi connectivity index (χ0n) is 13.6. The number of amides is 1. The van der Waals surface area contributed by atoms with Gasteiger partial charge in [0.1, 0.15) is 16.1 Å². The van der Waals surface area contributed by atoms with Gasteiger partial charge in [-0.3, -0.25) is 4.79 Å². The number of halogens is 1. The lowest BCUT2D eigenvalue weighted by Crippen LogP contribution is -2.49. The average molecular weight is 400 g/mol. The zero-order valence-corrected chi connectivity index (χ0v) is 16.0. The molecule has 1 aliphatic heterocycles. The Balaban J connectivity index is 1.84. The molecular weight excluding hydrogens is 382 g/mol. The number of sulfonamides is 1. The van der Waals surface area contributed by atoms with Crippen molar-refractivity contribution in [1.29, 1.82) is 0 Å². The number of piperidine rings is 1. The molecule has 1 atom stereocenters. The number of anilines is 1. The van der Waals surface area contributed by atoms with Crippen molar-refractivity contribution in [1.82, 2.24) is 9.29 Å². The van der Waals surface area contributed by atoms with Gasteiger partial charge in [0, 0.05) is 12.2 Å². The molecule has 1 saturated heterocycles. The van der Waals surface area contributed by atoms with Crippen LogP contribution >= 0.6 is 22.9 Å². The van der Waals surface area contributed by atoms with E-state index in [1.807, 2.05) is 13.0 Å². The minimum atomic E-state index is -3.75. The molecule has 0 saturated carbocycles. The normalized spacial score (nSPS) is 18.9. The van der Waals surface area contributed by atoms with E-state index in [0.29, 0.717) is 23.1 Å². The average Bonchev–Trinajstić information content (AvgIpc) is 3.02. The van der Waals surface area contributed by atoms with Gasteiger partial charge in [-0.15, -0.1) is 11.3 Å². The predicted molar refractivity (Wildman–Crippen MR) is 98.5 cm³/mol. The van der Waals surface area contributed by atoms with Crippen molar-refractivity contribution in [3.63, 3.8) is 0 Å². The highest BCUT2D eigenvalue weighted by atomic mass is 35.5.